The van der Waals surface area contributed by atoms with Gasteiger partial charge in [0.1, 0.15) is 16.9 Å². The van der Waals surface area contributed by atoms with Crippen molar-refractivity contribution in [3.8, 4) is 23.0 Å². The Labute approximate surface area is 199 Å². The second-order valence-corrected chi connectivity index (χ2v) is 7.98. The standard InChI is InChI=1S/C25H22O10/c1-11-7-17(27)34-24-20(11)23(30)21(12(2)26)25-22(24)14(9-18(28)35-25)13-5-6-15(31-3)16(8-13)33-10-19(29)32-4/h5-8,14,30H,9-10H2,1-4H3/t14-/m0/s1. The fourth-order valence-corrected chi connectivity index (χ4v) is 4.24. The third-order valence-electron chi connectivity index (χ3n) is 5.80. The first-order valence-electron chi connectivity index (χ1n) is 10.6. The van der Waals surface area contributed by atoms with E-state index in [-0.39, 0.29) is 46.6 Å². The number of carbonyl (C=O) groups excluding carboxylic acids is 3. The van der Waals surface area contributed by atoms with Crippen LogP contribution in [0.5, 0.6) is 23.0 Å². The molecule has 0 radical (unpaired) electrons. The van der Waals surface area contributed by atoms with Crippen LogP contribution in [0.2, 0.25) is 0 Å². The summed E-state index contributed by atoms with van der Waals surface area (Å²) in [6, 6.07) is 6.05. The molecule has 1 aliphatic rings. The average molecular weight is 482 g/mol. The van der Waals surface area contributed by atoms with E-state index < -0.39 is 35.0 Å². The van der Waals surface area contributed by atoms with Crippen LogP contribution >= 0.6 is 0 Å². The van der Waals surface area contributed by atoms with Gasteiger partial charge >= 0.3 is 17.6 Å². The first kappa shape index (κ1) is 23.8. The van der Waals surface area contributed by atoms with Gasteiger partial charge in [-0.15, -0.1) is 0 Å². The lowest BCUT2D eigenvalue weighted by molar-refractivity contribution is -0.143. The van der Waals surface area contributed by atoms with Crippen LogP contribution in [0.25, 0.3) is 11.0 Å². The minimum atomic E-state index is -0.733. The molecule has 0 aliphatic carbocycles. The smallest absolute Gasteiger partial charge is 0.343 e. The van der Waals surface area contributed by atoms with Crippen molar-refractivity contribution in [1.82, 2.24) is 0 Å². The van der Waals surface area contributed by atoms with Gasteiger partial charge in [0.05, 0.1) is 26.0 Å². The van der Waals surface area contributed by atoms with Gasteiger partial charge in [-0.25, -0.2) is 9.59 Å². The molecule has 10 heteroatoms. The van der Waals surface area contributed by atoms with E-state index in [0.717, 1.165) is 0 Å². The summed E-state index contributed by atoms with van der Waals surface area (Å²) in [7, 11) is 2.66. The van der Waals surface area contributed by atoms with E-state index >= 15 is 0 Å². The molecule has 0 saturated heterocycles. The molecule has 10 nitrogen and oxygen atoms in total. The number of ketones is 1. The summed E-state index contributed by atoms with van der Waals surface area (Å²) in [6.45, 7) is 2.46. The lowest BCUT2D eigenvalue weighted by Crippen LogP contribution is -2.24. The number of benzene rings is 2. The van der Waals surface area contributed by atoms with E-state index in [0.29, 0.717) is 16.9 Å². The number of fused-ring (bicyclic) bond motifs is 3. The van der Waals surface area contributed by atoms with Crippen molar-refractivity contribution in [2.75, 3.05) is 20.8 Å². The maximum Gasteiger partial charge on any atom is 0.343 e. The number of Topliss-reactive ketones (excluding diaryl/α,β-unsaturated/α-hetero) is 1. The third kappa shape index (κ3) is 4.18. The highest BCUT2D eigenvalue weighted by Gasteiger charge is 2.37. The number of aryl methyl sites for hydroxylation is 1. The van der Waals surface area contributed by atoms with Crippen molar-refractivity contribution < 1.29 is 42.9 Å². The highest BCUT2D eigenvalue weighted by molar-refractivity contribution is 6.09. The molecule has 0 fully saturated rings. The van der Waals surface area contributed by atoms with E-state index in [1.807, 2.05) is 0 Å². The molecule has 3 aromatic rings. The molecule has 1 N–H and O–H groups in total. The number of aromatic hydroxyl groups is 1. The van der Waals surface area contributed by atoms with E-state index in [2.05, 4.69) is 4.74 Å². The Hall–Kier alpha value is -4.34. The number of phenols is 1. The Balaban J connectivity index is 2.00. The third-order valence-corrected chi connectivity index (χ3v) is 5.80. The molecule has 1 atom stereocenters. The SMILES string of the molecule is COC(=O)COc1cc([C@@H]2CC(=O)Oc3c(C(C)=O)c(O)c4c(C)cc(=O)oc4c32)ccc1OC. The molecule has 1 aromatic heterocycles. The molecule has 35 heavy (non-hydrogen) atoms. The van der Waals surface area contributed by atoms with Gasteiger partial charge in [0.25, 0.3) is 0 Å². The average Bonchev–Trinajstić information content (AvgIpc) is 2.80. The molecule has 0 saturated carbocycles. The number of hydrogen-bond donors (Lipinski definition) is 1. The molecule has 182 valence electrons. The predicted octanol–water partition coefficient (Wildman–Crippen LogP) is 3.01. The largest absolute Gasteiger partial charge is 0.506 e. The van der Waals surface area contributed by atoms with Crippen LogP contribution < -0.4 is 19.8 Å². The monoisotopic (exact) mass is 482 g/mol. The van der Waals surface area contributed by atoms with Gasteiger partial charge in [0.2, 0.25) is 0 Å². The van der Waals surface area contributed by atoms with Gasteiger partial charge in [0, 0.05) is 17.5 Å². The van der Waals surface area contributed by atoms with Gasteiger partial charge in [-0.3, -0.25) is 9.59 Å². The van der Waals surface area contributed by atoms with Crippen molar-refractivity contribution in [1.29, 1.82) is 0 Å². The normalized spacial score (nSPS) is 14.7. The van der Waals surface area contributed by atoms with Crippen molar-refractivity contribution in [2.45, 2.75) is 26.2 Å². The molecular formula is C25H22O10. The van der Waals surface area contributed by atoms with E-state index in [4.69, 9.17) is 18.6 Å². The summed E-state index contributed by atoms with van der Waals surface area (Å²) < 4.78 is 26.4. The first-order chi connectivity index (χ1) is 16.7. The van der Waals surface area contributed by atoms with E-state index in [1.165, 1.54) is 27.2 Å². The van der Waals surface area contributed by atoms with Crippen LogP contribution in [-0.4, -0.2) is 43.7 Å². The second kappa shape index (κ2) is 9.13. The fraction of sp³-hybridized carbons (Fsp3) is 0.280. The fourth-order valence-electron chi connectivity index (χ4n) is 4.24. The molecule has 4 rings (SSSR count). The summed E-state index contributed by atoms with van der Waals surface area (Å²) in [5.41, 5.74) is 0.365. The van der Waals surface area contributed by atoms with Gasteiger partial charge in [-0.05, 0) is 37.1 Å². The lowest BCUT2D eigenvalue weighted by atomic mass is 9.82. The van der Waals surface area contributed by atoms with Crippen LogP contribution in [0.4, 0.5) is 0 Å². The van der Waals surface area contributed by atoms with Gasteiger partial charge in [-0.1, -0.05) is 6.07 Å². The Bertz CT molecular complexity index is 1430. The Kier molecular flexibility index (Phi) is 6.21. The van der Waals surface area contributed by atoms with Crippen LogP contribution in [0.3, 0.4) is 0 Å². The molecule has 0 bridgehead atoms. The zero-order chi connectivity index (χ0) is 25.4. The highest BCUT2D eigenvalue weighted by atomic mass is 16.6. The molecule has 0 amide bonds. The lowest BCUT2D eigenvalue weighted by Gasteiger charge is -2.28. The Morgan fingerprint density at radius 2 is 1.89 bits per heavy atom. The van der Waals surface area contributed by atoms with Crippen molar-refractivity contribution in [3.63, 3.8) is 0 Å². The number of carbonyl (C=O) groups is 3. The Morgan fingerprint density at radius 1 is 1.14 bits per heavy atom. The van der Waals surface area contributed by atoms with Crippen molar-refractivity contribution in [2.24, 2.45) is 0 Å². The number of phenolic OH excluding ortho intramolecular Hbond substituents is 1. The van der Waals surface area contributed by atoms with Gasteiger partial charge < -0.3 is 28.5 Å². The number of methoxy groups -OCH3 is 2. The number of hydrogen-bond acceptors (Lipinski definition) is 10. The van der Waals surface area contributed by atoms with Crippen molar-refractivity contribution in [3.05, 3.63) is 56.9 Å². The van der Waals surface area contributed by atoms with Gasteiger partial charge in [-0.2, -0.15) is 0 Å². The van der Waals surface area contributed by atoms with Gasteiger partial charge in [0.15, 0.2) is 29.6 Å². The number of esters is 2. The summed E-state index contributed by atoms with van der Waals surface area (Å²) in [6.07, 6.45) is -0.148. The Morgan fingerprint density at radius 3 is 2.54 bits per heavy atom. The van der Waals surface area contributed by atoms with Crippen LogP contribution in [0.1, 0.15) is 46.3 Å². The summed E-state index contributed by atoms with van der Waals surface area (Å²) in [4.78, 5) is 48.9. The zero-order valence-corrected chi connectivity index (χ0v) is 19.4. The summed E-state index contributed by atoms with van der Waals surface area (Å²) in [5.74, 6) is -2.56. The summed E-state index contributed by atoms with van der Waals surface area (Å²) in [5, 5.41) is 11.1. The quantitative estimate of drug-likeness (QED) is 0.241. The molecule has 2 aromatic carbocycles. The second-order valence-electron chi connectivity index (χ2n) is 7.98. The van der Waals surface area contributed by atoms with Crippen molar-refractivity contribution >= 4 is 28.7 Å². The van der Waals surface area contributed by atoms with E-state index in [9.17, 15) is 24.3 Å². The maximum atomic E-state index is 12.6. The van der Waals surface area contributed by atoms with Crippen LogP contribution in [0, 0.1) is 6.92 Å². The molecule has 1 aliphatic heterocycles. The topological polar surface area (TPSA) is 139 Å². The van der Waals surface area contributed by atoms with Crippen LogP contribution in [0.15, 0.2) is 33.5 Å². The van der Waals surface area contributed by atoms with E-state index in [1.54, 1.807) is 25.1 Å². The molecule has 0 unspecified atom stereocenters. The van der Waals surface area contributed by atoms with Crippen LogP contribution in [-0.2, 0) is 14.3 Å². The number of rotatable bonds is 6. The predicted molar refractivity (Wildman–Crippen MR) is 121 cm³/mol. The highest BCUT2D eigenvalue weighted by Crippen LogP contribution is 2.50. The summed E-state index contributed by atoms with van der Waals surface area (Å²) >= 11 is 0. The minimum absolute atomic E-state index is 0.0119. The molecule has 2 heterocycles. The number of ether oxygens (including phenoxy) is 4. The zero-order valence-electron chi connectivity index (χ0n) is 19.4. The molecular weight excluding hydrogens is 460 g/mol. The molecule has 0 spiro atoms. The first-order valence-corrected chi connectivity index (χ1v) is 10.6. The maximum absolute atomic E-state index is 12.6. The minimum Gasteiger partial charge on any atom is -0.506 e.